The monoisotopic (exact) mass is 435 g/mol. The number of halogens is 5. The maximum absolute atomic E-state index is 13.5. The fraction of sp³-hybridized carbons (Fsp3) is 0.556. The zero-order valence-corrected chi connectivity index (χ0v) is 16.9. The number of pyridine rings is 1. The van der Waals surface area contributed by atoms with Crippen LogP contribution in [0.5, 0.6) is 0 Å². The lowest BCUT2D eigenvalue weighted by atomic mass is 10.1. The molecule has 5 nitrogen and oxygen atoms in total. The average Bonchev–Trinajstić information content (AvgIpc) is 2.95. The van der Waals surface area contributed by atoms with E-state index >= 15 is 0 Å². The molecule has 2 aromatic heterocycles. The molecule has 3 rings (SSSR count). The Morgan fingerprint density at radius 3 is 2.45 bits per heavy atom. The van der Waals surface area contributed by atoms with E-state index in [4.69, 9.17) is 0 Å². The van der Waals surface area contributed by atoms with E-state index in [1.807, 2.05) is 20.0 Å². The summed E-state index contributed by atoms with van der Waals surface area (Å²) in [7, 11) is 1.82. The molecule has 0 saturated carbocycles. The minimum absolute atomic E-state index is 0.0740. The molecule has 3 heterocycles. The van der Waals surface area contributed by atoms with Crippen LogP contribution >= 0.6 is 11.8 Å². The van der Waals surface area contributed by atoms with Crippen LogP contribution in [0.15, 0.2) is 23.2 Å². The lowest BCUT2D eigenvalue weighted by Gasteiger charge is -2.33. The van der Waals surface area contributed by atoms with Crippen molar-refractivity contribution in [2.24, 2.45) is 7.05 Å². The highest BCUT2D eigenvalue weighted by Gasteiger charge is 2.34. The molecule has 1 saturated heterocycles. The highest BCUT2D eigenvalue weighted by molar-refractivity contribution is 7.98. The number of aryl methyl sites for hydroxylation is 2. The minimum atomic E-state index is -4.38. The van der Waals surface area contributed by atoms with Crippen LogP contribution in [0.3, 0.4) is 0 Å². The van der Waals surface area contributed by atoms with Crippen LogP contribution in [0.25, 0.3) is 0 Å². The van der Waals surface area contributed by atoms with Gasteiger partial charge in [-0.05, 0) is 19.1 Å². The second kappa shape index (κ2) is 8.37. The Hall–Kier alpha value is -2.04. The molecule has 0 atom stereocenters. The smallest absolute Gasteiger partial charge is 0.371 e. The first-order valence-electron chi connectivity index (χ1n) is 9.09. The molecule has 0 radical (unpaired) electrons. The van der Waals surface area contributed by atoms with E-state index in [1.165, 1.54) is 17.8 Å². The van der Waals surface area contributed by atoms with E-state index < -0.39 is 18.6 Å². The highest BCUT2D eigenvalue weighted by Crippen LogP contribution is 2.32. The molecule has 1 aliphatic heterocycles. The van der Waals surface area contributed by atoms with Crippen molar-refractivity contribution in [3.63, 3.8) is 0 Å². The maximum atomic E-state index is 13.5. The number of anilines is 2. The van der Waals surface area contributed by atoms with Crippen molar-refractivity contribution >= 4 is 23.3 Å². The third-order valence-corrected chi connectivity index (χ3v) is 5.59. The lowest BCUT2D eigenvalue weighted by Crippen LogP contribution is -2.39. The summed E-state index contributed by atoms with van der Waals surface area (Å²) in [6, 6.07) is 5.13. The van der Waals surface area contributed by atoms with E-state index in [0.29, 0.717) is 17.1 Å². The number of aromatic nitrogens is 3. The van der Waals surface area contributed by atoms with E-state index in [9.17, 15) is 22.0 Å². The molecule has 1 N–H and O–H groups in total. The second-order valence-corrected chi connectivity index (χ2v) is 8.05. The molecule has 160 valence electrons. The number of hydrogen-bond donors (Lipinski definition) is 1. The summed E-state index contributed by atoms with van der Waals surface area (Å²) in [4.78, 5) is 6.02. The van der Waals surface area contributed by atoms with Crippen molar-refractivity contribution in [3.8, 4) is 0 Å². The van der Waals surface area contributed by atoms with Gasteiger partial charge < -0.3 is 10.2 Å². The van der Waals surface area contributed by atoms with Gasteiger partial charge in [-0.1, -0.05) is 11.8 Å². The van der Waals surface area contributed by atoms with E-state index in [2.05, 4.69) is 15.4 Å². The molecule has 29 heavy (non-hydrogen) atoms. The predicted molar refractivity (Wildman–Crippen MR) is 103 cm³/mol. The van der Waals surface area contributed by atoms with Gasteiger partial charge >= 0.3 is 6.18 Å². The molecule has 0 bridgehead atoms. The Bertz CT molecular complexity index is 822. The Kier molecular flexibility index (Phi) is 6.25. The molecular weight excluding hydrogens is 413 g/mol. The third kappa shape index (κ3) is 6.22. The van der Waals surface area contributed by atoms with Gasteiger partial charge in [-0.15, -0.1) is 0 Å². The van der Waals surface area contributed by atoms with Crippen molar-refractivity contribution < 1.29 is 22.0 Å². The third-order valence-electron chi connectivity index (χ3n) is 4.65. The molecule has 0 aliphatic carbocycles. The van der Waals surface area contributed by atoms with Gasteiger partial charge in [0.25, 0.3) is 5.92 Å². The van der Waals surface area contributed by atoms with Crippen LogP contribution in [0, 0.1) is 6.92 Å². The molecular formula is C18H22F5N5S. The van der Waals surface area contributed by atoms with Crippen LogP contribution in [0.2, 0.25) is 0 Å². The molecule has 11 heteroatoms. The number of rotatable bonds is 6. The van der Waals surface area contributed by atoms with Crippen molar-refractivity contribution in [1.29, 1.82) is 0 Å². The van der Waals surface area contributed by atoms with Crippen molar-refractivity contribution in [1.82, 2.24) is 14.8 Å². The second-order valence-electron chi connectivity index (χ2n) is 7.05. The van der Waals surface area contributed by atoms with Gasteiger partial charge in [0.2, 0.25) is 0 Å². The topological polar surface area (TPSA) is 46.0 Å². The van der Waals surface area contributed by atoms with Crippen LogP contribution in [-0.2, 0) is 12.8 Å². The lowest BCUT2D eigenvalue weighted by molar-refractivity contribution is -0.115. The number of hydrogen-bond acceptors (Lipinski definition) is 5. The molecule has 1 aliphatic rings. The minimum Gasteiger partial charge on any atom is -0.371 e. The van der Waals surface area contributed by atoms with Gasteiger partial charge in [0, 0.05) is 56.2 Å². The zero-order valence-electron chi connectivity index (χ0n) is 16.1. The molecule has 0 unspecified atom stereocenters. The summed E-state index contributed by atoms with van der Waals surface area (Å²) in [5, 5.41) is 7.41. The number of nitrogens with one attached hydrogen (secondary N) is 1. The maximum Gasteiger partial charge on any atom is 0.405 e. The summed E-state index contributed by atoms with van der Waals surface area (Å²) in [5.74, 6) is -2.23. The van der Waals surface area contributed by atoms with Crippen molar-refractivity contribution in [2.45, 2.75) is 42.6 Å². The fourth-order valence-electron chi connectivity index (χ4n) is 2.95. The number of alkyl halides is 5. The normalized spacial score (nSPS) is 16.9. The predicted octanol–water partition coefficient (Wildman–Crippen LogP) is 4.63. The number of piperidine rings is 1. The first kappa shape index (κ1) is 21.7. The summed E-state index contributed by atoms with van der Waals surface area (Å²) < 4.78 is 66.4. The quantitative estimate of drug-likeness (QED) is 0.530. The average molecular weight is 435 g/mol. The van der Waals surface area contributed by atoms with E-state index in [0.717, 1.165) is 10.7 Å². The molecule has 0 aromatic carbocycles. The molecule has 0 amide bonds. The Balaban J connectivity index is 1.78. The summed E-state index contributed by atoms with van der Waals surface area (Å²) in [6.07, 6.45) is -4.94. The number of nitrogens with zero attached hydrogens (tertiary/aromatic N) is 4. The fourth-order valence-corrected chi connectivity index (χ4v) is 3.83. The van der Waals surface area contributed by atoms with Gasteiger partial charge in [-0.25, -0.2) is 13.8 Å². The molecule has 2 aromatic rings. The Morgan fingerprint density at radius 1 is 1.17 bits per heavy atom. The summed E-state index contributed by atoms with van der Waals surface area (Å²) >= 11 is 1.41. The van der Waals surface area contributed by atoms with Gasteiger partial charge in [0.05, 0.1) is 5.69 Å². The summed E-state index contributed by atoms with van der Waals surface area (Å²) in [5.41, 5.74) is 2.13. The van der Waals surface area contributed by atoms with E-state index in [1.54, 1.807) is 15.6 Å². The first-order chi connectivity index (χ1) is 13.5. The Morgan fingerprint density at radius 2 is 1.86 bits per heavy atom. The standard InChI is InChI=1S/C18H22F5N5S/c1-12-7-16(26-27(12)2)29-10-13-8-14(28-5-3-17(19,20)4-6-28)9-15(25-13)24-11-18(21,22)23/h7-9H,3-6,10-11H2,1-2H3,(H,24,25). The Labute approximate surface area is 169 Å². The SMILES string of the molecule is Cc1cc(SCc2cc(N3CCC(F)(F)CC3)cc(NCC(F)(F)F)n2)nn1C. The van der Waals surface area contributed by atoms with E-state index in [-0.39, 0.29) is 31.7 Å². The largest absolute Gasteiger partial charge is 0.405 e. The first-order valence-corrected chi connectivity index (χ1v) is 10.1. The van der Waals surface area contributed by atoms with Crippen LogP contribution < -0.4 is 10.2 Å². The zero-order chi connectivity index (χ0) is 21.2. The molecule has 1 fully saturated rings. The van der Waals surface area contributed by atoms with Crippen LogP contribution in [0.1, 0.15) is 24.2 Å². The van der Waals surface area contributed by atoms with Gasteiger partial charge in [0.1, 0.15) is 17.4 Å². The van der Waals surface area contributed by atoms with Crippen LogP contribution in [-0.4, -0.2) is 46.5 Å². The number of thioether (sulfide) groups is 1. The van der Waals surface area contributed by atoms with Crippen molar-refractivity contribution in [2.75, 3.05) is 29.9 Å². The molecule has 0 spiro atoms. The van der Waals surface area contributed by atoms with Gasteiger partial charge in [-0.2, -0.15) is 18.3 Å². The highest BCUT2D eigenvalue weighted by atomic mass is 32.2. The van der Waals surface area contributed by atoms with Gasteiger partial charge in [0.15, 0.2) is 0 Å². The van der Waals surface area contributed by atoms with Gasteiger partial charge in [-0.3, -0.25) is 4.68 Å². The van der Waals surface area contributed by atoms with Crippen LogP contribution in [0.4, 0.5) is 33.5 Å². The van der Waals surface area contributed by atoms with Crippen molar-refractivity contribution in [3.05, 3.63) is 29.6 Å². The summed E-state index contributed by atoms with van der Waals surface area (Å²) in [6.45, 7) is 0.984.